The van der Waals surface area contributed by atoms with Gasteiger partial charge in [-0.3, -0.25) is 14.7 Å². The molecule has 6 heteroatoms. The van der Waals surface area contributed by atoms with Crippen LogP contribution in [0.4, 0.5) is 4.39 Å². The van der Waals surface area contributed by atoms with Crippen molar-refractivity contribution in [3.05, 3.63) is 76.1 Å². The summed E-state index contributed by atoms with van der Waals surface area (Å²) in [6.45, 7) is 2.78. The second-order valence-electron chi connectivity index (χ2n) is 6.98. The van der Waals surface area contributed by atoms with Gasteiger partial charge < -0.3 is 9.72 Å². The average molecular weight is 367 g/mol. The molecule has 0 radical (unpaired) electrons. The van der Waals surface area contributed by atoms with Gasteiger partial charge >= 0.3 is 0 Å². The van der Waals surface area contributed by atoms with E-state index in [1.54, 1.807) is 30.6 Å². The molecular formula is C21H22FN3O2. The summed E-state index contributed by atoms with van der Waals surface area (Å²) >= 11 is 0. The second kappa shape index (κ2) is 7.98. The van der Waals surface area contributed by atoms with Gasteiger partial charge in [0.1, 0.15) is 5.82 Å². The number of hydrogen-bond donors (Lipinski definition) is 1. The molecular weight excluding hydrogens is 345 g/mol. The van der Waals surface area contributed by atoms with Crippen LogP contribution in [0, 0.1) is 5.82 Å². The zero-order valence-electron chi connectivity index (χ0n) is 15.0. The summed E-state index contributed by atoms with van der Waals surface area (Å²) in [5.74, 6) is -0.411. The van der Waals surface area contributed by atoms with Gasteiger partial charge in [-0.2, -0.15) is 0 Å². The van der Waals surface area contributed by atoms with E-state index in [1.165, 1.54) is 6.07 Å². The van der Waals surface area contributed by atoms with Crippen molar-refractivity contribution in [2.45, 2.75) is 32.0 Å². The molecule has 140 valence electrons. The predicted octanol–water partition coefficient (Wildman–Crippen LogP) is 3.24. The molecule has 5 nitrogen and oxygen atoms in total. The van der Waals surface area contributed by atoms with Crippen LogP contribution in [-0.2, 0) is 17.8 Å². The number of benzene rings is 1. The number of halogens is 1. The van der Waals surface area contributed by atoms with Gasteiger partial charge in [0.2, 0.25) is 0 Å². The highest BCUT2D eigenvalue weighted by Gasteiger charge is 2.20. The number of pyridine rings is 2. The number of rotatable bonds is 6. The van der Waals surface area contributed by atoms with Crippen LogP contribution in [0.2, 0.25) is 0 Å². The smallest absolute Gasteiger partial charge is 0.189 e. The number of aromatic nitrogens is 2. The van der Waals surface area contributed by atoms with Gasteiger partial charge in [0.25, 0.3) is 0 Å². The van der Waals surface area contributed by atoms with Crippen molar-refractivity contribution in [2.24, 2.45) is 0 Å². The number of fused-ring (bicyclic) bond motifs is 1. The molecule has 1 atom stereocenters. The Bertz CT molecular complexity index is 968. The Labute approximate surface area is 156 Å². The highest BCUT2D eigenvalue weighted by atomic mass is 19.1. The molecule has 3 heterocycles. The number of H-pyrrole nitrogens is 1. The van der Waals surface area contributed by atoms with Crippen LogP contribution in [0.1, 0.15) is 24.1 Å². The summed E-state index contributed by atoms with van der Waals surface area (Å²) < 4.78 is 19.9. The van der Waals surface area contributed by atoms with E-state index in [0.29, 0.717) is 24.2 Å². The van der Waals surface area contributed by atoms with Crippen molar-refractivity contribution >= 4 is 10.9 Å². The normalized spacial score (nSPS) is 17.0. The number of ether oxygens (including phenoxy) is 1. The fourth-order valence-corrected chi connectivity index (χ4v) is 3.62. The predicted molar refractivity (Wildman–Crippen MR) is 102 cm³/mol. The third kappa shape index (κ3) is 4.23. The van der Waals surface area contributed by atoms with Crippen LogP contribution in [0.25, 0.3) is 10.9 Å². The van der Waals surface area contributed by atoms with Crippen molar-refractivity contribution < 1.29 is 9.13 Å². The van der Waals surface area contributed by atoms with Gasteiger partial charge in [-0.05, 0) is 42.7 Å². The molecule has 1 N–H and O–H groups in total. The van der Waals surface area contributed by atoms with Crippen LogP contribution in [0.5, 0.6) is 0 Å². The molecule has 0 spiro atoms. The van der Waals surface area contributed by atoms with E-state index >= 15 is 0 Å². The van der Waals surface area contributed by atoms with Crippen molar-refractivity contribution in [2.75, 3.05) is 13.2 Å². The first-order valence-electron chi connectivity index (χ1n) is 9.22. The summed E-state index contributed by atoms with van der Waals surface area (Å²) in [5, 5.41) is 0.374. The van der Waals surface area contributed by atoms with Gasteiger partial charge in [0, 0.05) is 55.8 Å². The summed E-state index contributed by atoms with van der Waals surface area (Å²) in [6.07, 6.45) is 5.84. The van der Waals surface area contributed by atoms with Crippen molar-refractivity contribution in [1.29, 1.82) is 0 Å². The van der Waals surface area contributed by atoms with Crippen LogP contribution in [0.3, 0.4) is 0 Å². The van der Waals surface area contributed by atoms with E-state index < -0.39 is 5.82 Å². The van der Waals surface area contributed by atoms with Gasteiger partial charge in [-0.15, -0.1) is 0 Å². The maximum Gasteiger partial charge on any atom is 0.189 e. The maximum absolute atomic E-state index is 14.1. The zero-order valence-corrected chi connectivity index (χ0v) is 15.0. The lowest BCUT2D eigenvalue weighted by molar-refractivity contribution is 0.0675. The van der Waals surface area contributed by atoms with E-state index in [0.717, 1.165) is 31.6 Å². The standard InChI is InChI=1S/C21H22FN3O2/c22-19-5-1-4-18-20(26)11-16(24-21(18)19)13-25(14-17-3-2-10-27-17)12-15-6-8-23-9-7-15/h1,4-9,11,17H,2-3,10,12-14H2,(H,24,26). The Morgan fingerprint density at radius 3 is 2.85 bits per heavy atom. The zero-order chi connectivity index (χ0) is 18.6. The van der Waals surface area contributed by atoms with Gasteiger partial charge in [0.15, 0.2) is 5.43 Å². The minimum absolute atomic E-state index is 0.167. The van der Waals surface area contributed by atoms with E-state index in [2.05, 4.69) is 14.9 Å². The molecule has 3 aromatic rings. The number of hydrogen-bond acceptors (Lipinski definition) is 4. The highest BCUT2D eigenvalue weighted by Crippen LogP contribution is 2.18. The molecule has 0 aliphatic carbocycles. The largest absolute Gasteiger partial charge is 0.377 e. The minimum Gasteiger partial charge on any atom is -0.377 e. The molecule has 0 saturated carbocycles. The van der Waals surface area contributed by atoms with Crippen LogP contribution in [-0.4, -0.2) is 34.1 Å². The topological polar surface area (TPSA) is 58.2 Å². The van der Waals surface area contributed by atoms with Crippen molar-refractivity contribution in [3.8, 4) is 0 Å². The molecule has 1 fully saturated rings. The Hall–Kier alpha value is -2.57. The summed E-state index contributed by atoms with van der Waals surface area (Å²) in [7, 11) is 0. The van der Waals surface area contributed by atoms with E-state index in [1.807, 2.05) is 12.1 Å². The lowest BCUT2D eigenvalue weighted by Gasteiger charge is -2.25. The van der Waals surface area contributed by atoms with Gasteiger partial charge in [0.05, 0.1) is 11.6 Å². The van der Waals surface area contributed by atoms with Crippen molar-refractivity contribution in [3.63, 3.8) is 0 Å². The first-order chi connectivity index (χ1) is 13.2. The number of aromatic amines is 1. The van der Waals surface area contributed by atoms with Crippen molar-refractivity contribution in [1.82, 2.24) is 14.9 Å². The Balaban J connectivity index is 1.61. The summed E-state index contributed by atoms with van der Waals surface area (Å²) in [4.78, 5) is 21.8. The molecule has 4 rings (SSSR count). The van der Waals surface area contributed by atoms with Crippen LogP contribution < -0.4 is 5.43 Å². The van der Waals surface area contributed by atoms with E-state index in [4.69, 9.17) is 4.74 Å². The fraction of sp³-hybridized carbons (Fsp3) is 0.333. The van der Waals surface area contributed by atoms with E-state index in [-0.39, 0.29) is 17.0 Å². The summed E-state index contributed by atoms with van der Waals surface area (Å²) in [6, 6.07) is 10.1. The first kappa shape index (κ1) is 17.8. The molecule has 0 amide bonds. The van der Waals surface area contributed by atoms with Crippen LogP contribution in [0.15, 0.2) is 53.6 Å². The highest BCUT2D eigenvalue weighted by molar-refractivity contribution is 5.78. The number of nitrogens with one attached hydrogen (secondary N) is 1. The molecule has 1 aromatic carbocycles. The molecule has 1 aliphatic heterocycles. The van der Waals surface area contributed by atoms with Gasteiger partial charge in [-0.25, -0.2) is 4.39 Å². The SMILES string of the molecule is O=c1cc(CN(Cc2ccncc2)CC2CCCO2)[nH]c2c(F)cccc12. The summed E-state index contributed by atoms with van der Waals surface area (Å²) in [5.41, 5.74) is 1.93. The van der Waals surface area contributed by atoms with E-state index in [9.17, 15) is 9.18 Å². The first-order valence-corrected chi connectivity index (χ1v) is 9.22. The third-order valence-electron chi connectivity index (χ3n) is 4.91. The Morgan fingerprint density at radius 1 is 1.22 bits per heavy atom. The molecule has 1 unspecified atom stereocenters. The molecule has 27 heavy (non-hydrogen) atoms. The second-order valence-corrected chi connectivity index (χ2v) is 6.98. The number of nitrogens with zero attached hydrogens (tertiary/aromatic N) is 2. The molecule has 2 aromatic heterocycles. The monoisotopic (exact) mass is 367 g/mol. The quantitative estimate of drug-likeness (QED) is 0.727. The minimum atomic E-state index is -0.411. The van der Waals surface area contributed by atoms with Gasteiger partial charge in [-0.1, -0.05) is 6.07 Å². The Kier molecular flexibility index (Phi) is 5.27. The molecule has 0 bridgehead atoms. The van der Waals surface area contributed by atoms with Crippen LogP contribution >= 0.6 is 0 Å². The lowest BCUT2D eigenvalue weighted by atomic mass is 10.1. The maximum atomic E-state index is 14.1. The molecule has 1 saturated heterocycles. The lowest BCUT2D eigenvalue weighted by Crippen LogP contribution is -2.32. The third-order valence-corrected chi connectivity index (χ3v) is 4.91. The Morgan fingerprint density at radius 2 is 2.07 bits per heavy atom. The number of para-hydroxylation sites is 1. The average Bonchev–Trinajstić information content (AvgIpc) is 3.16. The molecule has 1 aliphatic rings. The fourth-order valence-electron chi connectivity index (χ4n) is 3.62.